The highest BCUT2D eigenvalue weighted by molar-refractivity contribution is 5.74. The number of hydrogen-bond donors (Lipinski definition) is 1. The maximum atomic E-state index is 11.3. The van der Waals surface area contributed by atoms with Crippen molar-refractivity contribution in [2.24, 2.45) is 5.73 Å². The van der Waals surface area contributed by atoms with Crippen LogP contribution >= 0.6 is 0 Å². The lowest BCUT2D eigenvalue weighted by molar-refractivity contribution is -0.147. The number of ether oxygens (including phenoxy) is 3. The zero-order valence-electron chi connectivity index (χ0n) is 11.1. The Balaban J connectivity index is 2.92. The molecule has 0 saturated carbocycles. The van der Waals surface area contributed by atoms with E-state index in [-0.39, 0.29) is 6.04 Å². The summed E-state index contributed by atoms with van der Waals surface area (Å²) in [4.78, 5) is 11.3. The van der Waals surface area contributed by atoms with Gasteiger partial charge in [-0.1, -0.05) is 6.07 Å². The lowest BCUT2D eigenvalue weighted by Crippen LogP contribution is -2.25. The Morgan fingerprint density at radius 1 is 1.22 bits per heavy atom. The maximum Gasteiger partial charge on any atom is 0.346 e. The van der Waals surface area contributed by atoms with Gasteiger partial charge < -0.3 is 19.9 Å². The Bertz CT molecular complexity index is 417. The third-order valence-electron chi connectivity index (χ3n) is 2.55. The van der Waals surface area contributed by atoms with E-state index >= 15 is 0 Å². The Hall–Kier alpha value is -1.75. The van der Waals surface area contributed by atoms with Crippen molar-refractivity contribution in [1.29, 1.82) is 0 Å². The summed E-state index contributed by atoms with van der Waals surface area (Å²) >= 11 is 0. The molecule has 1 aromatic carbocycles. The molecule has 5 nitrogen and oxygen atoms in total. The van der Waals surface area contributed by atoms with Crippen molar-refractivity contribution >= 4 is 5.97 Å². The van der Waals surface area contributed by atoms with E-state index in [9.17, 15) is 4.79 Å². The van der Waals surface area contributed by atoms with Crippen LogP contribution in [0.4, 0.5) is 0 Å². The molecule has 0 amide bonds. The van der Waals surface area contributed by atoms with Crippen LogP contribution in [-0.2, 0) is 9.53 Å². The third kappa shape index (κ3) is 3.37. The van der Waals surface area contributed by atoms with E-state index in [1.54, 1.807) is 19.1 Å². The van der Waals surface area contributed by atoms with E-state index in [4.69, 9.17) is 15.2 Å². The number of hydrogen-bond acceptors (Lipinski definition) is 5. The van der Waals surface area contributed by atoms with Gasteiger partial charge in [-0.25, -0.2) is 4.79 Å². The summed E-state index contributed by atoms with van der Waals surface area (Å²) < 4.78 is 15.3. The first-order chi connectivity index (χ1) is 8.49. The predicted octanol–water partition coefficient (Wildman–Crippen LogP) is 1.66. The molecule has 0 saturated heterocycles. The molecule has 0 bridgehead atoms. The molecule has 0 radical (unpaired) electrons. The molecule has 0 aliphatic carbocycles. The summed E-state index contributed by atoms with van der Waals surface area (Å²) in [6.45, 7) is 3.50. The average Bonchev–Trinajstić information content (AvgIpc) is 2.37. The zero-order valence-corrected chi connectivity index (χ0v) is 11.1. The summed E-state index contributed by atoms with van der Waals surface area (Å²) in [5, 5.41) is 0. The van der Waals surface area contributed by atoms with Crippen molar-refractivity contribution < 1.29 is 19.0 Å². The minimum atomic E-state index is -0.690. The standard InChI is InChI=1S/C13H19NO4/c1-8(14)10-5-6-11(12(7-10)16-3)18-9(2)13(15)17-4/h5-9H,14H2,1-4H3/t8-,9?/m0/s1. The molecule has 0 spiro atoms. The summed E-state index contributed by atoms with van der Waals surface area (Å²) in [7, 11) is 2.86. The smallest absolute Gasteiger partial charge is 0.346 e. The number of methoxy groups -OCH3 is 2. The fourth-order valence-corrected chi connectivity index (χ4v) is 1.47. The van der Waals surface area contributed by atoms with Crippen molar-refractivity contribution in [2.45, 2.75) is 26.0 Å². The molecule has 100 valence electrons. The van der Waals surface area contributed by atoms with Gasteiger partial charge in [0.1, 0.15) is 0 Å². The first kappa shape index (κ1) is 14.3. The summed E-state index contributed by atoms with van der Waals surface area (Å²) in [6.07, 6.45) is -0.690. The molecular formula is C13H19NO4. The largest absolute Gasteiger partial charge is 0.493 e. The van der Waals surface area contributed by atoms with E-state index in [1.165, 1.54) is 14.2 Å². The van der Waals surface area contributed by atoms with Gasteiger partial charge in [0.25, 0.3) is 0 Å². The molecule has 1 aromatic rings. The Kier molecular flexibility index (Phi) is 4.97. The van der Waals surface area contributed by atoms with Crippen LogP contribution in [0, 0.1) is 0 Å². The topological polar surface area (TPSA) is 70.8 Å². The molecule has 1 rings (SSSR count). The minimum Gasteiger partial charge on any atom is -0.493 e. The molecule has 5 heteroatoms. The summed E-state index contributed by atoms with van der Waals surface area (Å²) in [5.74, 6) is 0.591. The minimum absolute atomic E-state index is 0.0917. The van der Waals surface area contributed by atoms with E-state index in [1.807, 2.05) is 13.0 Å². The maximum absolute atomic E-state index is 11.3. The molecule has 0 aliphatic rings. The molecular weight excluding hydrogens is 234 g/mol. The molecule has 18 heavy (non-hydrogen) atoms. The normalized spacial score (nSPS) is 13.6. The fraction of sp³-hybridized carbons (Fsp3) is 0.462. The molecule has 1 unspecified atom stereocenters. The Morgan fingerprint density at radius 3 is 2.39 bits per heavy atom. The van der Waals surface area contributed by atoms with E-state index in [0.717, 1.165) is 5.56 Å². The Morgan fingerprint density at radius 2 is 1.89 bits per heavy atom. The van der Waals surface area contributed by atoms with Crippen LogP contribution in [-0.4, -0.2) is 26.3 Å². The van der Waals surface area contributed by atoms with Gasteiger partial charge in [0.05, 0.1) is 14.2 Å². The predicted molar refractivity (Wildman–Crippen MR) is 67.7 cm³/mol. The Labute approximate surface area is 107 Å². The van der Waals surface area contributed by atoms with Gasteiger partial charge in [0, 0.05) is 6.04 Å². The monoisotopic (exact) mass is 253 g/mol. The molecule has 2 atom stereocenters. The highest BCUT2D eigenvalue weighted by atomic mass is 16.6. The zero-order chi connectivity index (χ0) is 13.7. The highest BCUT2D eigenvalue weighted by Gasteiger charge is 2.17. The first-order valence-corrected chi connectivity index (χ1v) is 5.67. The van der Waals surface area contributed by atoms with Crippen molar-refractivity contribution in [3.8, 4) is 11.5 Å². The van der Waals surface area contributed by atoms with Crippen LogP contribution in [0.2, 0.25) is 0 Å². The number of benzene rings is 1. The number of rotatable bonds is 5. The van der Waals surface area contributed by atoms with Gasteiger partial charge in [0.2, 0.25) is 0 Å². The number of esters is 1. The lowest BCUT2D eigenvalue weighted by Gasteiger charge is -2.16. The van der Waals surface area contributed by atoms with Crippen LogP contribution in [0.3, 0.4) is 0 Å². The van der Waals surface area contributed by atoms with Crippen molar-refractivity contribution in [3.63, 3.8) is 0 Å². The van der Waals surface area contributed by atoms with Gasteiger partial charge in [-0.3, -0.25) is 0 Å². The van der Waals surface area contributed by atoms with Gasteiger partial charge in [0.15, 0.2) is 17.6 Å². The second-order valence-electron chi connectivity index (χ2n) is 3.98. The summed E-state index contributed by atoms with van der Waals surface area (Å²) in [6, 6.07) is 5.28. The van der Waals surface area contributed by atoms with Crippen LogP contribution < -0.4 is 15.2 Å². The average molecular weight is 253 g/mol. The lowest BCUT2D eigenvalue weighted by atomic mass is 10.1. The number of nitrogens with two attached hydrogens (primary N) is 1. The highest BCUT2D eigenvalue weighted by Crippen LogP contribution is 2.30. The van der Waals surface area contributed by atoms with Crippen molar-refractivity contribution in [1.82, 2.24) is 0 Å². The quantitative estimate of drug-likeness (QED) is 0.808. The van der Waals surface area contributed by atoms with Gasteiger partial charge in [-0.05, 0) is 31.5 Å². The van der Waals surface area contributed by atoms with Gasteiger partial charge in [-0.15, -0.1) is 0 Å². The van der Waals surface area contributed by atoms with E-state index < -0.39 is 12.1 Å². The van der Waals surface area contributed by atoms with Gasteiger partial charge in [-0.2, -0.15) is 0 Å². The van der Waals surface area contributed by atoms with Crippen LogP contribution in [0.5, 0.6) is 11.5 Å². The van der Waals surface area contributed by atoms with Crippen LogP contribution in [0.25, 0.3) is 0 Å². The molecule has 2 N–H and O–H groups in total. The summed E-state index contributed by atoms with van der Waals surface area (Å²) in [5.41, 5.74) is 6.72. The SMILES string of the molecule is COC(=O)C(C)Oc1ccc([C@H](C)N)cc1OC. The van der Waals surface area contributed by atoms with E-state index in [0.29, 0.717) is 11.5 Å². The third-order valence-corrected chi connectivity index (χ3v) is 2.55. The van der Waals surface area contributed by atoms with Crippen LogP contribution in [0.1, 0.15) is 25.5 Å². The van der Waals surface area contributed by atoms with Gasteiger partial charge >= 0.3 is 5.97 Å². The number of carbonyl (C=O) groups excluding carboxylic acids is 1. The molecule has 0 aliphatic heterocycles. The van der Waals surface area contributed by atoms with Crippen molar-refractivity contribution in [2.75, 3.05) is 14.2 Å². The second-order valence-corrected chi connectivity index (χ2v) is 3.98. The van der Waals surface area contributed by atoms with Crippen LogP contribution in [0.15, 0.2) is 18.2 Å². The molecule has 0 heterocycles. The van der Waals surface area contributed by atoms with Crippen molar-refractivity contribution in [3.05, 3.63) is 23.8 Å². The second kappa shape index (κ2) is 6.26. The molecule has 0 fully saturated rings. The first-order valence-electron chi connectivity index (χ1n) is 5.67. The fourth-order valence-electron chi connectivity index (χ4n) is 1.47. The number of carbonyl (C=O) groups is 1. The van der Waals surface area contributed by atoms with E-state index in [2.05, 4.69) is 4.74 Å². The molecule has 0 aromatic heterocycles.